The van der Waals surface area contributed by atoms with Crippen LogP contribution in [0, 0.1) is 11.8 Å². The Labute approximate surface area is 131 Å². The molecule has 0 radical (unpaired) electrons. The van der Waals surface area contributed by atoms with Gasteiger partial charge in [-0.2, -0.15) is 0 Å². The van der Waals surface area contributed by atoms with Gasteiger partial charge in [0.25, 0.3) is 0 Å². The van der Waals surface area contributed by atoms with Crippen LogP contribution in [-0.4, -0.2) is 5.38 Å². The molecule has 1 aromatic rings. The third kappa shape index (κ3) is 3.06. The van der Waals surface area contributed by atoms with E-state index >= 15 is 0 Å². The Kier molecular flexibility index (Phi) is 4.75. The van der Waals surface area contributed by atoms with E-state index in [-0.39, 0.29) is 10.8 Å². The van der Waals surface area contributed by atoms with Crippen molar-refractivity contribution in [1.29, 1.82) is 0 Å². The number of hydrogen-bond acceptors (Lipinski definition) is 0. The molecule has 0 aliphatic heterocycles. The van der Waals surface area contributed by atoms with Crippen molar-refractivity contribution in [3.05, 3.63) is 33.8 Å². The number of rotatable bonds is 2. The standard InChI is InChI=1S/C16H21Cl3/c1-10-7-8-11(14(18)9-10)16(2,3)12-5-4-6-13(17)15(12)19/h4-6,10-11,14H,7-9H2,1-3H3. The van der Waals surface area contributed by atoms with Crippen LogP contribution in [0.5, 0.6) is 0 Å². The van der Waals surface area contributed by atoms with Gasteiger partial charge in [-0.3, -0.25) is 0 Å². The van der Waals surface area contributed by atoms with E-state index in [0.717, 1.165) is 24.3 Å². The van der Waals surface area contributed by atoms with Crippen LogP contribution in [0.2, 0.25) is 10.0 Å². The fourth-order valence-corrected chi connectivity index (χ4v) is 4.61. The van der Waals surface area contributed by atoms with Gasteiger partial charge in [0.1, 0.15) is 0 Å². The second-order valence-corrected chi connectivity index (χ2v) is 7.71. The normalized spacial score (nSPS) is 28.4. The molecule has 1 aliphatic rings. The second-order valence-electron chi connectivity index (χ2n) is 6.36. The lowest BCUT2D eigenvalue weighted by Gasteiger charge is -2.42. The van der Waals surface area contributed by atoms with E-state index in [0.29, 0.717) is 16.0 Å². The van der Waals surface area contributed by atoms with Crippen molar-refractivity contribution in [3.8, 4) is 0 Å². The van der Waals surface area contributed by atoms with Crippen LogP contribution in [0.1, 0.15) is 45.6 Å². The van der Waals surface area contributed by atoms with Crippen molar-refractivity contribution in [3.63, 3.8) is 0 Å². The third-order valence-electron chi connectivity index (χ3n) is 4.61. The Bertz CT molecular complexity index is 453. The molecule has 0 aromatic heterocycles. The molecule has 19 heavy (non-hydrogen) atoms. The molecule has 106 valence electrons. The molecule has 1 saturated carbocycles. The molecule has 0 spiro atoms. The fraction of sp³-hybridized carbons (Fsp3) is 0.625. The SMILES string of the molecule is CC1CCC(C(C)(C)c2cccc(Cl)c2Cl)C(Cl)C1. The molecular formula is C16H21Cl3. The molecular weight excluding hydrogens is 299 g/mol. The van der Waals surface area contributed by atoms with Crippen LogP contribution >= 0.6 is 34.8 Å². The monoisotopic (exact) mass is 318 g/mol. The lowest BCUT2D eigenvalue weighted by Crippen LogP contribution is -2.39. The minimum Gasteiger partial charge on any atom is -0.123 e. The maximum Gasteiger partial charge on any atom is 0.0629 e. The summed E-state index contributed by atoms with van der Waals surface area (Å²) in [6, 6.07) is 5.89. The first-order valence-corrected chi connectivity index (χ1v) is 8.11. The molecule has 1 aromatic carbocycles. The fourth-order valence-electron chi connectivity index (χ4n) is 3.33. The molecule has 0 heterocycles. The van der Waals surface area contributed by atoms with Crippen LogP contribution in [0.25, 0.3) is 0 Å². The van der Waals surface area contributed by atoms with Gasteiger partial charge in [-0.05, 0) is 41.7 Å². The summed E-state index contributed by atoms with van der Waals surface area (Å²) in [5, 5.41) is 1.52. The van der Waals surface area contributed by atoms with Crippen LogP contribution in [-0.2, 0) is 5.41 Å². The van der Waals surface area contributed by atoms with Gasteiger partial charge in [0, 0.05) is 5.38 Å². The van der Waals surface area contributed by atoms with Gasteiger partial charge < -0.3 is 0 Å². The van der Waals surface area contributed by atoms with Crippen LogP contribution in [0.4, 0.5) is 0 Å². The van der Waals surface area contributed by atoms with E-state index < -0.39 is 0 Å². The molecule has 3 atom stereocenters. The summed E-state index contributed by atoms with van der Waals surface area (Å²) < 4.78 is 0. The van der Waals surface area contributed by atoms with Crippen molar-refractivity contribution >= 4 is 34.8 Å². The zero-order valence-corrected chi connectivity index (χ0v) is 14.0. The van der Waals surface area contributed by atoms with Crippen molar-refractivity contribution in [2.24, 2.45) is 11.8 Å². The zero-order valence-electron chi connectivity index (χ0n) is 11.7. The molecule has 0 saturated heterocycles. The van der Waals surface area contributed by atoms with Crippen molar-refractivity contribution in [2.75, 3.05) is 0 Å². The van der Waals surface area contributed by atoms with Crippen LogP contribution < -0.4 is 0 Å². The number of hydrogen-bond donors (Lipinski definition) is 0. The van der Waals surface area contributed by atoms with Gasteiger partial charge in [0.2, 0.25) is 0 Å². The highest BCUT2D eigenvalue weighted by molar-refractivity contribution is 6.42. The average molecular weight is 320 g/mol. The minimum atomic E-state index is -0.0471. The van der Waals surface area contributed by atoms with E-state index in [2.05, 4.69) is 26.8 Å². The summed E-state index contributed by atoms with van der Waals surface area (Å²) >= 11 is 19.2. The highest BCUT2D eigenvalue weighted by Crippen LogP contribution is 2.47. The Morgan fingerprint density at radius 1 is 1.16 bits per heavy atom. The Morgan fingerprint density at radius 2 is 1.84 bits per heavy atom. The van der Waals surface area contributed by atoms with Crippen LogP contribution in [0.3, 0.4) is 0 Å². The first-order chi connectivity index (χ1) is 8.84. The molecule has 1 fully saturated rings. The second kappa shape index (κ2) is 5.84. The van der Waals surface area contributed by atoms with Crippen molar-refractivity contribution in [1.82, 2.24) is 0 Å². The number of benzene rings is 1. The summed E-state index contributed by atoms with van der Waals surface area (Å²) in [4.78, 5) is 0. The van der Waals surface area contributed by atoms with Crippen LogP contribution in [0.15, 0.2) is 18.2 Å². The van der Waals surface area contributed by atoms with E-state index in [9.17, 15) is 0 Å². The van der Waals surface area contributed by atoms with E-state index in [4.69, 9.17) is 34.8 Å². The Hall–Kier alpha value is 0.0900. The van der Waals surface area contributed by atoms with Gasteiger partial charge in [-0.25, -0.2) is 0 Å². The van der Waals surface area contributed by atoms with Gasteiger partial charge in [0.05, 0.1) is 10.0 Å². The predicted molar refractivity (Wildman–Crippen MR) is 85.6 cm³/mol. The summed E-state index contributed by atoms with van der Waals surface area (Å²) in [6.45, 7) is 6.76. The molecule has 1 aliphatic carbocycles. The Morgan fingerprint density at radius 3 is 2.47 bits per heavy atom. The molecule has 2 rings (SSSR count). The van der Waals surface area contributed by atoms with Gasteiger partial charge in [-0.1, -0.05) is 62.5 Å². The quantitative estimate of drug-likeness (QED) is 0.560. The lowest BCUT2D eigenvalue weighted by molar-refractivity contribution is 0.207. The molecule has 0 nitrogen and oxygen atoms in total. The maximum absolute atomic E-state index is 6.63. The third-order valence-corrected chi connectivity index (χ3v) is 5.91. The molecule has 0 N–H and O–H groups in total. The highest BCUT2D eigenvalue weighted by Gasteiger charge is 2.40. The summed E-state index contributed by atoms with van der Waals surface area (Å²) in [5.41, 5.74) is 1.07. The zero-order chi connectivity index (χ0) is 14.2. The topological polar surface area (TPSA) is 0 Å². The average Bonchev–Trinajstić information content (AvgIpc) is 2.31. The molecule has 0 amide bonds. The largest absolute Gasteiger partial charge is 0.123 e. The highest BCUT2D eigenvalue weighted by atomic mass is 35.5. The van der Waals surface area contributed by atoms with Crippen molar-refractivity contribution in [2.45, 2.75) is 50.8 Å². The number of alkyl halides is 1. The molecule has 0 bridgehead atoms. The number of halogens is 3. The predicted octanol–water partition coefficient (Wildman–Crippen LogP) is 6.31. The Balaban J connectivity index is 2.33. The van der Waals surface area contributed by atoms with Crippen molar-refractivity contribution < 1.29 is 0 Å². The molecule has 3 heteroatoms. The van der Waals surface area contributed by atoms with E-state index in [1.54, 1.807) is 0 Å². The van der Waals surface area contributed by atoms with Gasteiger partial charge in [-0.15, -0.1) is 11.6 Å². The smallest absolute Gasteiger partial charge is 0.0629 e. The first-order valence-electron chi connectivity index (χ1n) is 6.92. The minimum absolute atomic E-state index is 0.0471. The molecule has 3 unspecified atom stereocenters. The van der Waals surface area contributed by atoms with Gasteiger partial charge >= 0.3 is 0 Å². The lowest BCUT2D eigenvalue weighted by atomic mass is 9.65. The summed E-state index contributed by atoms with van der Waals surface area (Å²) in [7, 11) is 0. The summed E-state index contributed by atoms with van der Waals surface area (Å²) in [6.07, 6.45) is 3.49. The van der Waals surface area contributed by atoms with E-state index in [1.165, 1.54) is 6.42 Å². The summed E-state index contributed by atoms with van der Waals surface area (Å²) in [5.74, 6) is 1.17. The maximum atomic E-state index is 6.63. The van der Waals surface area contributed by atoms with E-state index in [1.807, 2.05) is 12.1 Å². The first kappa shape index (κ1) is 15.5. The van der Waals surface area contributed by atoms with Gasteiger partial charge in [0.15, 0.2) is 0 Å².